The van der Waals surface area contributed by atoms with Gasteiger partial charge in [0.1, 0.15) is 6.54 Å². The van der Waals surface area contributed by atoms with Gasteiger partial charge >= 0.3 is 6.18 Å². The minimum Gasteiger partial charge on any atom is -0.281 e. The number of H-pyrrole nitrogens is 1. The van der Waals surface area contributed by atoms with E-state index in [2.05, 4.69) is 10.2 Å². The Bertz CT molecular complexity index is 557. The van der Waals surface area contributed by atoms with Crippen molar-refractivity contribution in [3.63, 3.8) is 0 Å². The molecule has 0 saturated carbocycles. The van der Waals surface area contributed by atoms with Crippen molar-refractivity contribution in [2.24, 2.45) is 0 Å². The summed E-state index contributed by atoms with van der Waals surface area (Å²) in [6.45, 7) is 1.36. The van der Waals surface area contributed by atoms with Gasteiger partial charge in [0.2, 0.25) is 0 Å². The van der Waals surface area contributed by atoms with E-state index in [9.17, 15) is 21.6 Å². The number of nitrogens with one attached hydrogen (secondary N) is 1. The van der Waals surface area contributed by atoms with Crippen molar-refractivity contribution in [1.82, 2.24) is 14.5 Å². The van der Waals surface area contributed by atoms with E-state index in [1.165, 1.54) is 0 Å². The highest BCUT2D eigenvalue weighted by Crippen LogP contribution is 2.25. The minimum atomic E-state index is -4.62. The number of alkyl halides is 4. The van der Waals surface area contributed by atoms with E-state index in [0.717, 1.165) is 0 Å². The molecule has 0 saturated heterocycles. The quantitative estimate of drug-likeness (QED) is 0.813. The minimum absolute atomic E-state index is 0.150. The average Bonchev–Trinajstić information content (AvgIpc) is 2.68. The maximum absolute atomic E-state index is 12.5. The molecule has 10 heteroatoms. The van der Waals surface area contributed by atoms with Crippen LogP contribution in [0.5, 0.6) is 0 Å². The molecule has 0 atom stereocenters. The maximum atomic E-state index is 12.5. The standard InChI is InChI=1S/C10H15ClF3N3O2S/c1-3-4-17(6-10(12,13)14)20(18,19)9-8(5-11)7(2)15-16-9/h3-6H2,1-2H3,(H,15,16). The average molecular weight is 334 g/mol. The molecular weight excluding hydrogens is 319 g/mol. The van der Waals surface area contributed by atoms with Crippen LogP contribution in [0.4, 0.5) is 13.2 Å². The van der Waals surface area contributed by atoms with Gasteiger partial charge in [-0.2, -0.15) is 22.6 Å². The van der Waals surface area contributed by atoms with Crippen LogP contribution in [0, 0.1) is 6.92 Å². The molecule has 0 aromatic carbocycles. The van der Waals surface area contributed by atoms with Crippen LogP contribution in [-0.2, 0) is 15.9 Å². The van der Waals surface area contributed by atoms with Crippen molar-refractivity contribution < 1.29 is 21.6 Å². The Balaban J connectivity index is 3.22. The van der Waals surface area contributed by atoms with E-state index in [4.69, 9.17) is 11.6 Å². The molecule has 0 fully saturated rings. The van der Waals surface area contributed by atoms with Crippen molar-refractivity contribution in [3.8, 4) is 0 Å². The molecule has 1 N–H and O–H groups in total. The number of aromatic amines is 1. The van der Waals surface area contributed by atoms with Gasteiger partial charge in [0.25, 0.3) is 10.0 Å². The lowest BCUT2D eigenvalue weighted by Crippen LogP contribution is -2.39. The van der Waals surface area contributed by atoms with Crippen LogP contribution in [0.25, 0.3) is 0 Å². The van der Waals surface area contributed by atoms with Gasteiger partial charge < -0.3 is 0 Å². The predicted octanol–water partition coefficient (Wildman–Crippen LogP) is 2.42. The van der Waals surface area contributed by atoms with Crippen molar-refractivity contribution in [1.29, 1.82) is 0 Å². The lowest BCUT2D eigenvalue weighted by atomic mass is 10.3. The molecule has 1 aromatic rings. The van der Waals surface area contributed by atoms with E-state index in [0.29, 0.717) is 10.00 Å². The summed E-state index contributed by atoms with van der Waals surface area (Å²) in [5.41, 5.74) is 0.608. The summed E-state index contributed by atoms with van der Waals surface area (Å²) in [7, 11) is -4.33. The first-order valence-corrected chi connectivity index (χ1v) is 7.77. The summed E-state index contributed by atoms with van der Waals surface area (Å²) in [6, 6.07) is 0. The Morgan fingerprint density at radius 2 is 2.00 bits per heavy atom. The number of nitrogens with zero attached hydrogens (tertiary/aromatic N) is 2. The molecule has 0 amide bonds. The third-order valence-electron chi connectivity index (χ3n) is 2.58. The monoisotopic (exact) mass is 333 g/mol. The third-order valence-corrected chi connectivity index (χ3v) is 4.67. The first kappa shape index (κ1) is 17.3. The van der Waals surface area contributed by atoms with Gasteiger partial charge in [0, 0.05) is 17.8 Å². The highest BCUT2D eigenvalue weighted by atomic mass is 35.5. The second kappa shape index (κ2) is 6.31. The van der Waals surface area contributed by atoms with Crippen LogP contribution >= 0.6 is 11.6 Å². The summed E-state index contributed by atoms with van der Waals surface area (Å²) in [5, 5.41) is 5.58. The van der Waals surface area contributed by atoms with Gasteiger partial charge in [-0.25, -0.2) is 8.42 Å². The lowest BCUT2D eigenvalue weighted by molar-refractivity contribution is -0.136. The van der Waals surface area contributed by atoms with E-state index in [1.807, 2.05) is 0 Å². The molecule has 0 aliphatic heterocycles. The molecular formula is C10H15ClF3N3O2S. The zero-order valence-corrected chi connectivity index (χ0v) is 12.5. The fourth-order valence-corrected chi connectivity index (χ4v) is 3.74. The van der Waals surface area contributed by atoms with Gasteiger partial charge in [0.05, 0.1) is 5.88 Å². The van der Waals surface area contributed by atoms with Crippen molar-refractivity contribution >= 4 is 21.6 Å². The van der Waals surface area contributed by atoms with E-state index >= 15 is 0 Å². The fraction of sp³-hybridized carbons (Fsp3) is 0.700. The SMILES string of the molecule is CCCN(CC(F)(F)F)S(=O)(=O)c1n[nH]c(C)c1CCl. The summed E-state index contributed by atoms with van der Waals surface area (Å²) in [5.74, 6) is -0.150. The maximum Gasteiger partial charge on any atom is 0.402 e. The summed E-state index contributed by atoms with van der Waals surface area (Å²) in [4.78, 5) is 0. The predicted molar refractivity (Wildman–Crippen MR) is 68.0 cm³/mol. The summed E-state index contributed by atoms with van der Waals surface area (Å²) in [6.07, 6.45) is -4.36. The normalized spacial score (nSPS) is 13.2. The van der Waals surface area contributed by atoms with E-state index in [1.54, 1.807) is 13.8 Å². The molecule has 0 spiro atoms. The number of halogens is 4. The third kappa shape index (κ3) is 3.86. The highest BCUT2D eigenvalue weighted by Gasteiger charge is 2.38. The number of rotatable bonds is 6. The zero-order chi connectivity index (χ0) is 15.6. The van der Waals surface area contributed by atoms with Gasteiger partial charge in [-0.1, -0.05) is 6.92 Å². The molecule has 116 valence electrons. The molecule has 1 heterocycles. The van der Waals surface area contributed by atoms with Crippen LogP contribution in [0.15, 0.2) is 5.03 Å². The van der Waals surface area contributed by atoms with Gasteiger partial charge in [-0.15, -0.1) is 11.6 Å². The molecule has 0 unspecified atom stereocenters. The van der Waals surface area contributed by atoms with Crippen molar-refractivity contribution in [2.45, 2.75) is 37.4 Å². The van der Waals surface area contributed by atoms with Gasteiger partial charge in [0.15, 0.2) is 5.03 Å². The summed E-state index contributed by atoms with van der Waals surface area (Å²) >= 11 is 5.63. The Kier molecular flexibility index (Phi) is 5.45. The van der Waals surface area contributed by atoms with Crippen molar-refractivity contribution in [3.05, 3.63) is 11.3 Å². The Morgan fingerprint density at radius 1 is 1.40 bits per heavy atom. The first-order chi connectivity index (χ1) is 9.13. The molecule has 0 radical (unpaired) electrons. The number of sulfonamides is 1. The first-order valence-electron chi connectivity index (χ1n) is 5.80. The Hall–Kier alpha value is -0.800. The molecule has 0 aliphatic rings. The fourth-order valence-electron chi connectivity index (χ4n) is 1.66. The van der Waals surface area contributed by atoms with Crippen LogP contribution in [0.2, 0.25) is 0 Å². The molecule has 1 rings (SSSR count). The zero-order valence-electron chi connectivity index (χ0n) is 11.0. The van der Waals surface area contributed by atoms with Crippen LogP contribution in [-0.4, -0.2) is 42.2 Å². The number of aromatic nitrogens is 2. The van der Waals surface area contributed by atoms with Crippen LogP contribution in [0.3, 0.4) is 0 Å². The topological polar surface area (TPSA) is 66.1 Å². The Labute approximate surface area is 120 Å². The second-order valence-electron chi connectivity index (χ2n) is 4.22. The number of hydrogen-bond acceptors (Lipinski definition) is 3. The van der Waals surface area contributed by atoms with E-state index < -0.39 is 27.8 Å². The molecule has 1 aromatic heterocycles. The molecule has 20 heavy (non-hydrogen) atoms. The van der Waals surface area contributed by atoms with Gasteiger partial charge in [-0.3, -0.25) is 5.10 Å². The van der Waals surface area contributed by atoms with E-state index in [-0.39, 0.29) is 24.4 Å². The van der Waals surface area contributed by atoms with Gasteiger partial charge in [-0.05, 0) is 13.3 Å². The lowest BCUT2D eigenvalue weighted by Gasteiger charge is -2.22. The summed E-state index contributed by atoms with van der Waals surface area (Å²) < 4.78 is 62.4. The molecule has 0 bridgehead atoms. The smallest absolute Gasteiger partial charge is 0.281 e. The number of aryl methyl sites for hydroxylation is 1. The molecule has 5 nitrogen and oxygen atoms in total. The Morgan fingerprint density at radius 3 is 2.45 bits per heavy atom. The molecule has 0 aliphatic carbocycles. The largest absolute Gasteiger partial charge is 0.402 e. The highest BCUT2D eigenvalue weighted by molar-refractivity contribution is 7.89. The van der Waals surface area contributed by atoms with Crippen molar-refractivity contribution in [2.75, 3.05) is 13.1 Å². The number of hydrogen-bond donors (Lipinski definition) is 1. The van der Waals surface area contributed by atoms with Crippen LogP contribution < -0.4 is 0 Å². The van der Waals surface area contributed by atoms with Crippen LogP contribution in [0.1, 0.15) is 24.6 Å². The second-order valence-corrected chi connectivity index (χ2v) is 6.34.